The Kier molecular flexibility index (Phi) is 12.2. The van der Waals surface area contributed by atoms with Crippen LogP contribution in [0.5, 0.6) is 5.75 Å². The van der Waals surface area contributed by atoms with Crippen molar-refractivity contribution in [2.24, 2.45) is 0 Å². The molecule has 0 amide bonds. The van der Waals surface area contributed by atoms with Crippen LogP contribution < -0.4 is 74.8 Å². The molecule has 2 aromatic rings. The first-order valence-electron chi connectivity index (χ1n) is 7.96. The molecule has 0 radical (unpaired) electrons. The van der Waals surface area contributed by atoms with Gasteiger partial charge < -0.3 is 24.9 Å². The third kappa shape index (κ3) is 5.49. The van der Waals surface area contributed by atoms with Crippen molar-refractivity contribution >= 4 is 107 Å². The summed E-state index contributed by atoms with van der Waals surface area (Å²) in [6.07, 6.45) is 0. The summed E-state index contributed by atoms with van der Waals surface area (Å²) in [5.74, 6) is -1.58. The maximum Gasteiger partial charge on any atom is 1.00 e. The Labute approximate surface area is 281 Å². The van der Waals surface area contributed by atoms with E-state index in [9.17, 15) is 19.8 Å². The fourth-order valence-electron chi connectivity index (χ4n) is 3.19. The molecule has 6 nitrogen and oxygen atoms in total. The van der Waals surface area contributed by atoms with E-state index in [1.807, 2.05) is 34.7 Å². The van der Waals surface area contributed by atoms with Crippen molar-refractivity contribution in [1.82, 2.24) is 0 Å². The van der Waals surface area contributed by atoms with Crippen molar-refractivity contribution in [3.8, 4) is 28.2 Å². The van der Waals surface area contributed by atoms with Crippen molar-refractivity contribution < 1.29 is 84.0 Å². The van der Waals surface area contributed by atoms with Crippen LogP contribution in [0.15, 0.2) is 45.6 Å². The maximum absolute atomic E-state index is 13.2. The van der Waals surface area contributed by atoms with Gasteiger partial charge in [0.05, 0.1) is 18.7 Å². The van der Waals surface area contributed by atoms with Crippen LogP contribution in [0.25, 0.3) is 33.4 Å². The van der Waals surface area contributed by atoms with Gasteiger partial charge in [0.2, 0.25) is 5.43 Å². The zero-order valence-corrected chi connectivity index (χ0v) is 29.1. The second-order valence-corrected chi connectivity index (χ2v) is 10.6. The van der Waals surface area contributed by atoms with Gasteiger partial charge in [-0.3, -0.25) is 4.79 Å². The average Bonchev–Trinajstić information content (AvgIpc) is 2.69. The Morgan fingerprint density at radius 1 is 0.938 bits per heavy atom. The van der Waals surface area contributed by atoms with E-state index in [-0.39, 0.29) is 88.6 Å². The van der Waals surface area contributed by atoms with Gasteiger partial charge in [-0.25, -0.2) is 0 Å². The third-order valence-electron chi connectivity index (χ3n) is 4.40. The summed E-state index contributed by atoms with van der Waals surface area (Å²) < 4.78 is 8.07. The Balaban J connectivity index is 0.00000171. The quantitative estimate of drug-likeness (QED) is 0.126. The average molecular weight is 898 g/mol. The fourth-order valence-corrected chi connectivity index (χ4v) is 6.85. The predicted octanol–water partition coefficient (Wildman–Crippen LogP) is -2.40. The summed E-state index contributed by atoms with van der Waals surface area (Å²) in [4.78, 5) is 25.0. The van der Waals surface area contributed by atoms with E-state index >= 15 is 0 Å². The molecule has 2 aliphatic rings. The van der Waals surface area contributed by atoms with Gasteiger partial charge in [0.1, 0.15) is 5.58 Å². The summed E-state index contributed by atoms with van der Waals surface area (Å²) in [7, 11) is 0. The molecule has 0 unspecified atom stereocenters. The smallest absolute Gasteiger partial charge is 0.871 e. The van der Waals surface area contributed by atoms with Crippen molar-refractivity contribution in [2.75, 3.05) is 0 Å². The van der Waals surface area contributed by atoms with Crippen LogP contribution in [-0.2, 0) is 0 Å². The Morgan fingerprint density at radius 2 is 1.56 bits per heavy atom. The van der Waals surface area contributed by atoms with E-state index in [1.54, 1.807) is 40.8 Å². The fraction of sp³-hybridized carbons (Fsp3) is 0. The molecule has 4 rings (SSSR count). The summed E-state index contributed by atoms with van der Waals surface area (Å²) in [5.41, 5.74) is 0.938. The first-order valence-corrected chi connectivity index (χ1v) is 12.3. The number of carboxylic acids is 1. The Bertz CT molecular complexity index is 1370. The van der Waals surface area contributed by atoms with Crippen LogP contribution in [0.4, 0.5) is 0 Å². The monoisotopic (exact) mass is 898 g/mol. The standard InChI is InChI=1S/C20H8I4O5.2Na.H2O/c21-7-5-10-12(8-3-1-2-4-9(8)20(27)28)13-16(25)14(23)17(26)15(24)19(13)29-18(10)11(22)6-7;;;/h1-6,26H,(H,27,28);;;1H2/q;2*+1;/p-2. The van der Waals surface area contributed by atoms with Crippen molar-refractivity contribution in [1.29, 1.82) is 0 Å². The minimum atomic E-state index is -1.35. The number of carbonyl (C=O) groups is 1. The SMILES string of the molecule is O.O=C([O-])c1ccccc1-c1c2c(=O)c(I)c([O-])c(I)c-2oc2c(I)cc(I)cc12.[Na+].[Na+]. The molecule has 0 bridgehead atoms. The molecule has 2 aromatic carbocycles. The van der Waals surface area contributed by atoms with Gasteiger partial charge >= 0.3 is 59.1 Å². The molecule has 1 heterocycles. The second kappa shape index (κ2) is 12.5. The molecule has 12 heteroatoms. The minimum Gasteiger partial charge on any atom is -0.871 e. The molecule has 32 heavy (non-hydrogen) atoms. The van der Waals surface area contributed by atoms with Crippen LogP contribution in [0.1, 0.15) is 10.4 Å². The molecule has 154 valence electrons. The van der Waals surface area contributed by atoms with Gasteiger partial charge in [-0.1, -0.05) is 30.0 Å². The van der Waals surface area contributed by atoms with Crippen molar-refractivity contribution in [2.45, 2.75) is 0 Å². The summed E-state index contributed by atoms with van der Waals surface area (Å²) in [6.45, 7) is 0. The van der Waals surface area contributed by atoms with E-state index in [0.717, 1.165) is 7.14 Å². The molecular weight excluding hydrogens is 890 g/mol. The number of carboxylic acid groups (broad SMARTS) is 1. The van der Waals surface area contributed by atoms with E-state index in [2.05, 4.69) is 45.2 Å². The summed E-state index contributed by atoms with van der Waals surface area (Å²) in [5, 5.41) is 24.9. The first kappa shape index (κ1) is 31.3. The van der Waals surface area contributed by atoms with E-state index < -0.39 is 17.1 Å². The molecule has 0 aromatic heterocycles. The number of benzene rings is 3. The molecule has 2 N–H and O–H groups in total. The van der Waals surface area contributed by atoms with Crippen LogP contribution in [0.2, 0.25) is 0 Å². The van der Waals surface area contributed by atoms with Gasteiger partial charge in [-0.2, -0.15) is 0 Å². The first-order chi connectivity index (χ1) is 13.7. The van der Waals surface area contributed by atoms with Crippen LogP contribution >= 0.6 is 90.4 Å². The van der Waals surface area contributed by atoms with Gasteiger partial charge in [0.25, 0.3) is 0 Å². The number of fused-ring (bicyclic) bond motifs is 2. The predicted molar refractivity (Wildman–Crippen MR) is 143 cm³/mol. The minimum absolute atomic E-state index is 0. The number of carbonyl (C=O) groups excluding carboxylic acids is 1. The Hall–Kier alpha value is 1.28. The van der Waals surface area contributed by atoms with Crippen molar-refractivity contribution in [3.05, 3.63) is 66.5 Å². The van der Waals surface area contributed by atoms with Crippen LogP contribution in [-0.4, -0.2) is 11.4 Å². The van der Waals surface area contributed by atoms with Crippen LogP contribution in [0.3, 0.4) is 0 Å². The van der Waals surface area contributed by atoms with Gasteiger partial charge in [0.15, 0.2) is 5.76 Å². The molecule has 0 atom stereocenters. The normalized spacial score (nSPS) is 10.2. The van der Waals surface area contributed by atoms with E-state index in [4.69, 9.17) is 4.42 Å². The summed E-state index contributed by atoms with van der Waals surface area (Å²) >= 11 is 7.89. The topological polar surface area (TPSA) is 125 Å². The molecule has 1 aliphatic carbocycles. The third-order valence-corrected chi connectivity index (χ3v) is 7.78. The van der Waals surface area contributed by atoms with Gasteiger partial charge in [-0.05, 0) is 108 Å². The number of rotatable bonds is 2. The zero-order chi connectivity index (χ0) is 21.0. The zero-order valence-electron chi connectivity index (χ0n) is 16.5. The largest absolute Gasteiger partial charge is 1.00 e. The van der Waals surface area contributed by atoms with Crippen molar-refractivity contribution in [3.63, 3.8) is 0 Å². The van der Waals surface area contributed by atoms with E-state index in [1.165, 1.54) is 6.07 Å². The molecule has 1 aliphatic heterocycles. The Morgan fingerprint density at radius 3 is 2.19 bits per heavy atom. The number of hydrogen-bond donors (Lipinski definition) is 0. The number of aromatic carboxylic acids is 1. The van der Waals surface area contributed by atoms with Gasteiger partial charge in [0, 0.05) is 23.7 Å². The molecular formula is C20H8I4Na2O6. The maximum atomic E-state index is 13.2. The molecule has 0 spiro atoms. The molecule has 0 fully saturated rings. The summed E-state index contributed by atoms with van der Waals surface area (Å²) in [6, 6.07) is 10.1. The second-order valence-electron chi connectivity index (χ2n) is 6.06. The van der Waals surface area contributed by atoms with Gasteiger partial charge in [-0.15, -0.1) is 0 Å². The molecule has 0 saturated heterocycles. The van der Waals surface area contributed by atoms with Crippen LogP contribution in [0, 0.1) is 14.3 Å². The van der Waals surface area contributed by atoms with E-state index in [0.29, 0.717) is 22.1 Å². The number of halogens is 4. The number of hydrogen-bond acceptors (Lipinski definition) is 5. The molecule has 0 saturated carbocycles.